The smallest absolute Gasteiger partial charge is 0.247 e. The lowest BCUT2D eigenvalue weighted by Crippen LogP contribution is -2.33. The molecule has 108 valence electrons. The molecule has 1 N–H and O–H groups in total. The van der Waals surface area contributed by atoms with Crippen LogP contribution in [0.4, 0.5) is 0 Å². The standard InChI is InChI=1S/C12H19BrN2O3S/c1-8(2)15(3)19(16,17)11-6-10(18-12(11)13)7-14-9-4-5-9/h6,8-9,14H,4-5,7H2,1-3H3. The first-order chi connectivity index (χ1) is 8.82. The van der Waals surface area contributed by atoms with Gasteiger partial charge in [0.25, 0.3) is 0 Å². The Kier molecular flexibility index (Phi) is 4.39. The van der Waals surface area contributed by atoms with Crippen LogP contribution in [0.15, 0.2) is 20.0 Å². The molecule has 0 spiro atoms. The molecular formula is C12H19BrN2O3S. The third kappa shape index (κ3) is 3.39. The van der Waals surface area contributed by atoms with E-state index in [0.29, 0.717) is 18.3 Å². The van der Waals surface area contributed by atoms with E-state index in [4.69, 9.17) is 4.42 Å². The van der Waals surface area contributed by atoms with Crippen molar-refractivity contribution in [2.75, 3.05) is 7.05 Å². The summed E-state index contributed by atoms with van der Waals surface area (Å²) in [6.07, 6.45) is 2.37. The second-order valence-corrected chi connectivity index (χ2v) is 7.81. The van der Waals surface area contributed by atoms with E-state index >= 15 is 0 Å². The van der Waals surface area contributed by atoms with E-state index in [1.807, 2.05) is 13.8 Å². The monoisotopic (exact) mass is 350 g/mol. The van der Waals surface area contributed by atoms with Gasteiger partial charge in [0.2, 0.25) is 10.0 Å². The Morgan fingerprint density at radius 1 is 1.53 bits per heavy atom. The summed E-state index contributed by atoms with van der Waals surface area (Å²) >= 11 is 3.19. The van der Waals surface area contributed by atoms with Crippen molar-refractivity contribution in [3.8, 4) is 0 Å². The highest BCUT2D eigenvalue weighted by atomic mass is 79.9. The number of sulfonamides is 1. The Balaban J connectivity index is 2.18. The van der Waals surface area contributed by atoms with E-state index < -0.39 is 10.0 Å². The minimum absolute atomic E-state index is 0.0974. The van der Waals surface area contributed by atoms with Crippen molar-refractivity contribution in [3.63, 3.8) is 0 Å². The summed E-state index contributed by atoms with van der Waals surface area (Å²) in [5.74, 6) is 0.634. The lowest BCUT2D eigenvalue weighted by molar-refractivity contribution is 0.408. The summed E-state index contributed by atoms with van der Waals surface area (Å²) in [4.78, 5) is 0.191. The van der Waals surface area contributed by atoms with Gasteiger partial charge in [0, 0.05) is 25.2 Å². The number of nitrogens with zero attached hydrogens (tertiary/aromatic N) is 1. The highest BCUT2D eigenvalue weighted by molar-refractivity contribution is 9.10. The quantitative estimate of drug-likeness (QED) is 0.855. The molecular weight excluding hydrogens is 332 g/mol. The Morgan fingerprint density at radius 3 is 2.68 bits per heavy atom. The van der Waals surface area contributed by atoms with Crippen molar-refractivity contribution < 1.29 is 12.8 Å². The molecule has 0 aromatic carbocycles. The van der Waals surface area contributed by atoms with Crippen LogP contribution in [0.3, 0.4) is 0 Å². The molecule has 5 nitrogen and oxygen atoms in total. The molecule has 0 saturated heterocycles. The number of furan rings is 1. The third-order valence-corrected chi connectivity index (χ3v) is 6.12. The molecule has 1 aromatic rings. The third-order valence-electron chi connectivity index (χ3n) is 3.23. The molecule has 19 heavy (non-hydrogen) atoms. The first kappa shape index (κ1) is 15.0. The highest BCUT2D eigenvalue weighted by Gasteiger charge is 2.29. The lowest BCUT2D eigenvalue weighted by Gasteiger charge is -2.19. The van der Waals surface area contributed by atoms with Gasteiger partial charge in [0.15, 0.2) is 4.67 Å². The van der Waals surface area contributed by atoms with Gasteiger partial charge in [-0.05, 0) is 42.6 Å². The van der Waals surface area contributed by atoms with Crippen molar-refractivity contribution >= 4 is 26.0 Å². The molecule has 1 aliphatic carbocycles. The normalized spacial score (nSPS) is 16.5. The fourth-order valence-electron chi connectivity index (χ4n) is 1.63. The van der Waals surface area contributed by atoms with Gasteiger partial charge >= 0.3 is 0 Å². The molecule has 7 heteroatoms. The summed E-state index contributed by atoms with van der Waals surface area (Å²) < 4.78 is 31.8. The van der Waals surface area contributed by atoms with Crippen LogP contribution < -0.4 is 5.32 Å². The van der Waals surface area contributed by atoms with E-state index in [0.717, 1.165) is 0 Å². The number of rotatable bonds is 6. The fraction of sp³-hybridized carbons (Fsp3) is 0.667. The molecule has 1 aromatic heterocycles. The molecule has 0 unspecified atom stereocenters. The van der Waals surface area contributed by atoms with E-state index in [1.54, 1.807) is 13.1 Å². The van der Waals surface area contributed by atoms with Gasteiger partial charge in [-0.2, -0.15) is 4.31 Å². The average molecular weight is 351 g/mol. The first-order valence-corrected chi connectivity index (χ1v) is 8.55. The largest absolute Gasteiger partial charge is 0.452 e. The Labute approximate surface area is 122 Å². The number of nitrogens with one attached hydrogen (secondary N) is 1. The van der Waals surface area contributed by atoms with Crippen LogP contribution in [0.2, 0.25) is 0 Å². The van der Waals surface area contributed by atoms with Crippen LogP contribution in [0.1, 0.15) is 32.4 Å². The minimum Gasteiger partial charge on any atom is -0.452 e. The fourth-order valence-corrected chi connectivity index (χ4v) is 3.95. The molecule has 0 aliphatic heterocycles. The maximum Gasteiger partial charge on any atom is 0.247 e. The van der Waals surface area contributed by atoms with Crippen molar-refractivity contribution in [3.05, 3.63) is 16.5 Å². The molecule has 2 rings (SSSR count). The SMILES string of the molecule is CC(C)N(C)S(=O)(=O)c1cc(CNC2CC2)oc1Br. The molecule has 1 saturated carbocycles. The van der Waals surface area contributed by atoms with Crippen LogP contribution >= 0.6 is 15.9 Å². The second kappa shape index (κ2) is 5.55. The van der Waals surface area contributed by atoms with Gasteiger partial charge in [0.05, 0.1) is 6.54 Å². The van der Waals surface area contributed by atoms with E-state index in [1.165, 1.54) is 17.1 Å². The van der Waals surface area contributed by atoms with Crippen LogP contribution in [-0.2, 0) is 16.6 Å². The minimum atomic E-state index is -3.51. The molecule has 0 radical (unpaired) electrons. The van der Waals surface area contributed by atoms with Crippen molar-refractivity contribution in [2.45, 2.75) is 50.2 Å². The first-order valence-electron chi connectivity index (χ1n) is 6.32. The van der Waals surface area contributed by atoms with Gasteiger partial charge in [-0.3, -0.25) is 0 Å². The molecule has 1 aliphatic rings. The molecule has 0 bridgehead atoms. The van der Waals surface area contributed by atoms with Crippen LogP contribution in [0.25, 0.3) is 0 Å². The predicted octanol–water partition coefficient (Wildman–Crippen LogP) is 2.32. The summed E-state index contributed by atoms with van der Waals surface area (Å²) in [7, 11) is -1.94. The predicted molar refractivity (Wildman–Crippen MR) is 76.4 cm³/mol. The summed E-state index contributed by atoms with van der Waals surface area (Å²) in [5, 5.41) is 3.29. The van der Waals surface area contributed by atoms with Crippen LogP contribution in [-0.4, -0.2) is 31.9 Å². The van der Waals surface area contributed by atoms with E-state index in [2.05, 4.69) is 21.2 Å². The average Bonchev–Trinajstić information content (AvgIpc) is 3.08. The topological polar surface area (TPSA) is 62.6 Å². The molecule has 1 fully saturated rings. The Hall–Kier alpha value is -0.370. The van der Waals surface area contributed by atoms with Gasteiger partial charge in [-0.25, -0.2) is 8.42 Å². The van der Waals surface area contributed by atoms with Crippen LogP contribution in [0.5, 0.6) is 0 Å². The Bertz CT molecular complexity index is 549. The van der Waals surface area contributed by atoms with E-state index in [9.17, 15) is 8.42 Å². The number of hydrogen-bond acceptors (Lipinski definition) is 4. The van der Waals surface area contributed by atoms with Gasteiger partial charge < -0.3 is 9.73 Å². The van der Waals surface area contributed by atoms with Gasteiger partial charge in [-0.15, -0.1) is 0 Å². The maximum absolute atomic E-state index is 12.4. The molecule has 0 amide bonds. The summed E-state index contributed by atoms with van der Waals surface area (Å²) in [6, 6.07) is 2.05. The zero-order valence-corrected chi connectivity index (χ0v) is 13.7. The van der Waals surface area contributed by atoms with Crippen molar-refractivity contribution in [1.29, 1.82) is 0 Å². The van der Waals surface area contributed by atoms with Crippen molar-refractivity contribution in [2.24, 2.45) is 0 Å². The number of halogens is 1. The zero-order chi connectivity index (χ0) is 14.2. The molecule has 0 atom stereocenters. The highest BCUT2D eigenvalue weighted by Crippen LogP contribution is 2.29. The Morgan fingerprint density at radius 2 is 2.16 bits per heavy atom. The zero-order valence-electron chi connectivity index (χ0n) is 11.3. The van der Waals surface area contributed by atoms with Crippen molar-refractivity contribution in [1.82, 2.24) is 9.62 Å². The lowest BCUT2D eigenvalue weighted by atomic mass is 10.4. The van der Waals surface area contributed by atoms with Gasteiger partial charge in [-0.1, -0.05) is 0 Å². The maximum atomic E-state index is 12.4. The van der Waals surface area contributed by atoms with Crippen LogP contribution in [0, 0.1) is 0 Å². The van der Waals surface area contributed by atoms with Gasteiger partial charge in [0.1, 0.15) is 10.7 Å². The number of hydrogen-bond donors (Lipinski definition) is 1. The second-order valence-electron chi connectivity index (χ2n) is 5.12. The molecule has 1 heterocycles. The summed E-state index contributed by atoms with van der Waals surface area (Å²) in [5.41, 5.74) is 0. The van der Waals surface area contributed by atoms with E-state index in [-0.39, 0.29) is 15.6 Å². The summed E-state index contributed by atoms with van der Waals surface area (Å²) in [6.45, 7) is 4.23.